The Morgan fingerprint density at radius 3 is 2.24 bits per heavy atom. The maximum absolute atomic E-state index is 6.65. The van der Waals surface area contributed by atoms with Crippen molar-refractivity contribution in [1.29, 1.82) is 0 Å². The average Bonchev–Trinajstić information content (AvgIpc) is 2.41. The molecule has 3 heteroatoms. The second kappa shape index (κ2) is 5.44. The summed E-state index contributed by atoms with van der Waals surface area (Å²) in [6, 6.07) is 5.96. The summed E-state index contributed by atoms with van der Waals surface area (Å²) >= 11 is 12.4. The zero-order valence-corrected chi connectivity index (χ0v) is 13.8. The zero-order chi connectivity index (χ0) is 14.6. The first-order valence-electron chi connectivity index (χ1n) is 8.29. The van der Waals surface area contributed by atoms with E-state index < -0.39 is 0 Å². The van der Waals surface area contributed by atoms with Gasteiger partial charge in [-0.25, -0.2) is 0 Å². The van der Waals surface area contributed by atoms with Gasteiger partial charge in [-0.15, -0.1) is 0 Å². The lowest BCUT2D eigenvalue weighted by Gasteiger charge is -2.56. The summed E-state index contributed by atoms with van der Waals surface area (Å²) in [6.07, 6.45) is 8.06. The maximum Gasteiger partial charge on any atom is 0.0439 e. The van der Waals surface area contributed by atoms with Gasteiger partial charge in [-0.2, -0.15) is 0 Å². The minimum atomic E-state index is 0.232. The van der Waals surface area contributed by atoms with E-state index >= 15 is 0 Å². The predicted octanol–water partition coefficient (Wildman–Crippen LogP) is 4.94. The summed E-state index contributed by atoms with van der Waals surface area (Å²) in [5.41, 5.74) is 7.76. The van der Waals surface area contributed by atoms with Crippen molar-refractivity contribution in [3.05, 3.63) is 33.8 Å². The molecule has 1 atom stereocenters. The fourth-order valence-electron chi connectivity index (χ4n) is 5.76. The highest BCUT2D eigenvalue weighted by molar-refractivity contribution is 6.33. The molecule has 1 aromatic rings. The Labute approximate surface area is 137 Å². The van der Waals surface area contributed by atoms with E-state index in [2.05, 4.69) is 0 Å². The van der Waals surface area contributed by atoms with Crippen LogP contribution in [0.1, 0.15) is 37.7 Å². The molecule has 4 fully saturated rings. The minimum Gasteiger partial charge on any atom is -0.327 e. The van der Waals surface area contributed by atoms with Crippen LogP contribution in [-0.2, 0) is 6.42 Å². The molecule has 2 N–H and O–H groups in total. The second-order valence-electron chi connectivity index (χ2n) is 7.61. The number of hydrogen-bond acceptors (Lipinski definition) is 1. The Morgan fingerprint density at radius 1 is 1.00 bits per heavy atom. The molecule has 1 aromatic carbocycles. The van der Waals surface area contributed by atoms with Gasteiger partial charge in [0.2, 0.25) is 0 Å². The predicted molar refractivity (Wildman–Crippen MR) is 88.7 cm³/mol. The molecule has 0 spiro atoms. The third kappa shape index (κ3) is 2.62. The van der Waals surface area contributed by atoms with Crippen molar-refractivity contribution < 1.29 is 0 Å². The molecule has 0 aliphatic heterocycles. The molecule has 4 aliphatic carbocycles. The number of hydrogen-bond donors (Lipinski definition) is 1. The van der Waals surface area contributed by atoms with E-state index in [0.29, 0.717) is 5.92 Å². The lowest BCUT2D eigenvalue weighted by atomic mass is 9.50. The lowest BCUT2D eigenvalue weighted by molar-refractivity contribution is -0.0464. The molecule has 0 radical (unpaired) electrons. The highest BCUT2D eigenvalue weighted by Crippen LogP contribution is 2.57. The molecule has 0 amide bonds. The average molecular weight is 324 g/mol. The van der Waals surface area contributed by atoms with E-state index in [1.165, 1.54) is 32.1 Å². The Balaban J connectivity index is 1.52. The molecule has 1 nitrogen and oxygen atoms in total. The van der Waals surface area contributed by atoms with Gasteiger partial charge in [0.15, 0.2) is 0 Å². The van der Waals surface area contributed by atoms with Crippen LogP contribution < -0.4 is 5.73 Å². The van der Waals surface area contributed by atoms with Crippen LogP contribution in [0.5, 0.6) is 0 Å². The molecule has 0 heterocycles. The molecule has 4 aliphatic rings. The molecule has 4 saturated carbocycles. The van der Waals surface area contributed by atoms with Gasteiger partial charge in [0.05, 0.1) is 0 Å². The normalized spacial score (nSPS) is 38.7. The molecule has 21 heavy (non-hydrogen) atoms. The third-order valence-electron chi connectivity index (χ3n) is 6.26. The Bertz CT molecular complexity index is 514. The highest BCUT2D eigenvalue weighted by Gasteiger charge is 2.49. The molecule has 4 bridgehead atoms. The van der Waals surface area contributed by atoms with Crippen LogP contribution in [0.25, 0.3) is 0 Å². The highest BCUT2D eigenvalue weighted by atomic mass is 35.5. The smallest absolute Gasteiger partial charge is 0.0439 e. The first kappa shape index (κ1) is 14.4. The van der Waals surface area contributed by atoms with E-state index in [4.69, 9.17) is 28.9 Å². The summed E-state index contributed by atoms with van der Waals surface area (Å²) < 4.78 is 0. The standard InChI is InChI=1S/C18H23Cl2N/c19-15-1-2-16(20)12(8-15)9-17(21)18-13-4-10-3-11(6-13)7-14(18)5-10/h1-2,8,10-11,13-14,17-18H,3-7,9,21H2. The Kier molecular flexibility index (Phi) is 3.72. The molecule has 0 aromatic heterocycles. The van der Waals surface area contributed by atoms with Gasteiger partial charge >= 0.3 is 0 Å². The van der Waals surface area contributed by atoms with Crippen LogP contribution in [0.2, 0.25) is 10.0 Å². The van der Waals surface area contributed by atoms with Crippen molar-refractivity contribution in [1.82, 2.24) is 0 Å². The van der Waals surface area contributed by atoms with Crippen molar-refractivity contribution in [3.8, 4) is 0 Å². The van der Waals surface area contributed by atoms with Crippen LogP contribution in [0.3, 0.4) is 0 Å². The van der Waals surface area contributed by atoms with Crippen molar-refractivity contribution >= 4 is 23.2 Å². The fraction of sp³-hybridized carbons (Fsp3) is 0.667. The number of benzene rings is 1. The molecule has 5 rings (SSSR count). The topological polar surface area (TPSA) is 26.0 Å². The second-order valence-corrected chi connectivity index (χ2v) is 8.46. The van der Waals surface area contributed by atoms with Crippen LogP contribution in [0.4, 0.5) is 0 Å². The van der Waals surface area contributed by atoms with Crippen molar-refractivity contribution in [3.63, 3.8) is 0 Å². The van der Waals surface area contributed by atoms with Gasteiger partial charge < -0.3 is 5.73 Å². The van der Waals surface area contributed by atoms with Gasteiger partial charge in [0.25, 0.3) is 0 Å². The zero-order valence-electron chi connectivity index (χ0n) is 12.3. The van der Waals surface area contributed by atoms with Crippen LogP contribution >= 0.6 is 23.2 Å². The maximum atomic E-state index is 6.65. The minimum absolute atomic E-state index is 0.232. The Hall–Kier alpha value is -0.240. The number of rotatable bonds is 3. The van der Waals surface area contributed by atoms with Gasteiger partial charge in [-0.05, 0) is 91.9 Å². The molecule has 1 unspecified atom stereocenters. The fourth-order valence-corrected chi connectivity index (χ4v) is 6.15. The van der Waals surface area contributed by atoms with Crippen molar-refractivity contribution in [2.75, 3.05) is 0 Å². The van der Waals surface area contributed by atoms with E-state index in [-0.39, 0.29) is 6.04 Å². The summed E-state index contributed by atoms with van der Waals surface area (Å²) in [7, 11) is 0. The van der Waals surface area contributed by atoms with Crippen LogP contribution in [0.15, 0.2) is 18.2 Å². The molecular weight excluding hydrogens is 301 g/mol. The SMILES string of the molecule is NC(Cc1cc(Cl)ccc1Cl)C1C2CC3CC(C2)CC1C3. The van der Waals surface area contributed by atoms with Crippen molar-refractivity contribution in [2.45, 2.75) is 44.6 Å². The molecule has 114 valence electrons. The lowest BCUT2D eigenvalue weighted by Crippen LogP contribution is -2.52. The van der Waals surface area contributed by atoms with Crippen LogP contribution in [-0.4, -0.2) is 6.04 Å². The first-order chi connectivity index (χ1) is 10.1. The number of nitrogens with two attached hydrogens (primary N) is 1. The first-order valence-corrected chi connectivity index (χ1v) is 9.05. The van der Waals surface area contributed by atoms with Gasteiger partial charge in [0.1, 0.15) is 0 Å². The third-order valence-corrected chi connectivity index (χ3v) is 6.86. The summed E-state index contributed by atoms with van der Waals surface area (Å²) in [6.45, 7) is 0. The van der Waals surface area contributed by atoms with Gasteiger partial charge in [-0.1, -0.05) is 23.2 Å². The van der Waals surface area contributed by atoms with E-state index in [9.17, 15) is 0 Å². The monoisotopic (exact) mass is 323 g/mol. The van der Waals surface area contributed by atoms with E-state index in [0.717, 1.165) is 45.7 Å². The summed E-state index contributed by atoms with van der Waals surface area (Å²) in [5, 5.41) is 1.56. The van der Waals surface area contributed by atoms with E-state index in [1.54, 1.807) is 0 Å². The number of halogens is 2. The van der Waals surface area contributed by atoms with Crippen molar-refractivity contribution in [2.24, 2.45) is 35.3 Å². The summed E-state index contributed by atoms with van der Waals surface area (Å²) in [5.74, 6) is 4.45. The van der Waals surface area contributed by atoms with Crippen LogP contribution in [0, 0.1) is 29.6 Å². The molecule has 0 saturated heterocycles. The van der Waals surface area contributed by atoms with Gasteiger partial charge in [-0.3, -0.25) is 0 Å². The van der Waals surface area contributed by atoms with Gasteiger partial charge in [0, 0.05) is 16.1 Å². The summed E-state index contributed by atoms with van der Waals surface area (Å²) in [4.78, 5) is 0. The molecular formula is C18H23Cl2N. The largest absolute Gasteiger partial charge is 0.327 e. The van der Waals surface area contributed by atoms with E-state index in [1.807, 2.05) is 18.2 Å². The quantitative estimate of drug-likeness (QED) is 0.838. The Morgan fingerprint density at radius 2 is 1.62 bits per heavy atom.